The van der Waals surface area contributed by atoms with Crippen LogP contribution >= 0.6 is 0 Å². The monoisotopic (exact) mass is 1250 g/mol. The topological polar surface area (TPSA) is 302 Å². The number of nitrogens with zero attached hydrogens (tertiary/aromatic N) is 12. The molecular formula is C69H60N12O12. The molecule has 0 saturated carbocycles. The van der Waals surface area contributed by atoms with Crippen molar-refractivity contribution in [2.24, 2.45) is 0 Å². The van der Waals surface area contributed by atoms with Gasteiger partial charge in [0.1, 0.15) is 34.5 Å². The number of anilines is 3. The molecule has 3 aromatic heterocycles. The third-order valence-corrected chi connectivity index (χ3v) is 15.1. The molecule has 21 aliphatic heterocycles. The highest BCUT2D eigenvalue weighted by Crippen LogP contribution is 2.40. The van der Waals surface area contributed by atoms with Crippen molar-refractivity contribution in [2.75, 3.05) is 93.6 Å². The van der Waals surface area contributed by atoms with E-state index in [1.54, 1.807) is 87.5 Å². The molecule has 21 aliphatic rings. The summed E-state index contributed by atoms with van der Waals surface area (Å²) >= 11 is 0. The molecule has 0 fully saturated rings. The van der Waals surface area contributed by atoms with E-state index in [0.717, 1.165) is 66.8 Å². The first-order valence-electron chi connectivity index (χ1n) is 29.8. The summed E-state index contributed by atoms with van der Waals surface area (Å²) in [4.78, 5) is 46.3. The highest BCUT2D eigenvalue weighted by Gasteiger charge is 2.22. The lowest BCUT2D eigenvalue weighted by Gasteiger charge is -2.21. The minimum Gasteiger partial charge on any atom is -0.424 e. The lowest BCUT2D eigenvalue weighted by Crippen LogP contribution is -2.31. The van der Waals surface area contributed by atoms with Gasteiger partial charge in [-0.1, -0.05) is 72.8 Å². The van der Waals surface area contributed by atoms with Gasteiger partial charge in [0.2, 0.25) is 17.8 Å². The summed E-state index contributed by atoms with van der Waals surface area (Å²) < 4.78 is 38.2. The van der Waals surface area contributed by atoms with E-state index >= 15 is 0 Å². The number of benzene rings is 8. The van der Waals surface area contributed by atoms with Crippen LogP contribution in [-0.4, -0.2) is 154 Å². The zero-order valence-electron chi connectivity index (χ0n) is 49.8. The normalized spacial score (nSPS) is 11.9. The summed E-state index contributed by atoms with van der Waals surface area (Å²) in [7, 11) is 0. The Morgan fingerprint density at radius 3 is 0.495 bits per heavy atom. The number of aliphatic hydroxyl groups excluding tert-OH is 6. The molecule has 0 amide bonds. The van der Waals surface area contributed by atoms with Gasteiger partial charge in [-0.25, -0.2) is 0 Å². The predicted octanol–water partition coefficient (Wildman–Crippen LogP) is 10.00. The van der Waals surface area contributed by atoms with Gasteiger partial charge in [-0.2, -0.15) is 29.9 Å². The number of hydrogen-bond acceptors (Lipinski definition) is 24. The van der Waals surface area contributed by atoms with Crippen LogP contribution in [0.15, 0.2) is 182 Å². The highest BCUT2D eigenvalue weighted by molar-refractivity contribution is 5.83. The third kappa shape index (κ3) is 14.4. The van der Waals surface area contributed by atoms with E-state index in [-0.39, 0.29) is 133 Å². The largest absolute Gasteiger partial charge is 0.424 e. The van der Waals surface area contributed by atoms with Crippen molar-refractivity contribution in [1.29, 1.82) is 0 Å². The molecule has 0 aliphatic carbocycles. The van der Waals surface area contributed by atoms with Gasteiger partial charge in [-0.3, -0.25) is 0 Å². The summed E-state index contributed by atoms with van der Waals surface area (Å²) in [5, 5.41) is 60.2. The van der Waals surface area contributed by atoms with Crippen LogP contribution in [0.5, 0.6) is 70.6 Å². The number of hydrogen-bond donors (Lipinski definition) is 6. The highest BCUT2D eigenvalue weighted by atomic mass is 16.5. The minimum atomic E-state index is -0.240. The molecule has 6 N–H and O–H groups in total. The average molecular weight is 1250 g/mol. The first kappa shape index (κ1) is 60.6. The Bertz CT molecular complexity index is 3650. The molecule has 93 heavy (non-hydrogen) atoms. The number of rotatable bonds is 15. The van der Waals surface area contributed by atoms with E-state index in [4.69, 9.17) is 28.4 Å². The van der Waals surface area contributed by atoms with E-state index in [9.17, 15) is 30.6 Å². The summed E-state index contributed by atoms with van der Waals surface area (Å²) in [6, 6.07) is 56.4. The van der Waals surface area contributed by atoms with Crippen molar-refractivity contribution >= 4 is 17.8 Å². The van der Waals surface area contributed by atoms with Crippen LogP contribution in [0.2, 0.25) is 0 Å². The van der Waals surface area contributed by atoms with Gasteiger partial charge in [0, 0.05) is 39.3 Å². The molecule has 24 bridgehead atoms. The smallest absolute Gasteiger partial charge is 0.330 e. The van der Waals surface area contributed by atoms with Crippen molar-refractivity contribution in [2.45, 2.75) is 0 Å². The maximum atomic E-state index is 10.0. The number of aromatic nitrogens is 9. The van der Waals surface area contributed by atoms with Crippen molar-refractivity contribution in [1.82, 2.24) is 44.9 Å². The Labute approximate surface area is 532 Å². The molecule has 0 spiro atoms. The van der Waals surface area contributed by atoms with E-state index in [0.29, 0.717) is 34.5 Å². The van der Waals surface area contributed by atoms with Crippen LogP contribution in [0.3, 0.4) is 0 Å². The van der Waals surface area contributed by atoms with E-state index in [2.05, 4.69) is 81.3 Å². The van der Waals surface area contributed by atoms with Crippen molar-refractivity contribution in [3.8, 4) is 137 Å². The fourth-order valence-electron chi connectivity index (χ4n) is 10.5. The molecule has 0 atom stereocenters. The van der Waals surface area contributed by atoms with Gasteiger partial charge in [-0.15, -0.1) is 15.0 Å². The molecule has 8 aromatic carbocycles. The first-order valence-corrected chi connectivity index (χ1v) is 29.8. The summed E-state index contributed by atoms with van der Waals surface area (Å²) in [6.45, 7) is -0.772. The Kier molecular flexibility index (Phi) is 18.2. The average Bonchev–Trinajstić information content (AvgIpc) is 0.950. The molecular weight excluding hydrogens is 1190 g/mol. The fourth-order valence-corrected chi connectivity index (χ4v) is 10.5. The van der Waals surface area contributed by atoms with E-state index in [1.165, 1.54) is 0 Å². The van der Waals surface area contributed by atoms with Crippen molar-refractivity contribution < 1.29 is 59.1 Å². The van der Waals surface area contributed by atoms with Gasteiger partial charge >= 0.3 is 36.1 Å². The van der Waals surface area contributed by atoms with Crippen molar-refractivity contribution in [3.05, 3.63) is 182 Å². The Balaban J connectivity index is 0.996. The fraction of sp³-hybridized carbons (Fsp3) is 0.174. The molecule has 0 unspecified atom stereocenters. The van der Waals surface area contributed by atoms with Gasteiger partial charge in [0.05, 0.1) is 39.6 Å². The lowest BCUT2D eigenvalue weighted by atomic mass is 9.93. The first-order chi connectivity index (χ1) is 45.6. The maximum Gasteiger partial charge on any atom is 0.330 e. The molecule has 24 heteroatoms. The Hall–Kier alpha value is -11.3. The molecule has 468 valence electrons. The van der Waals surface area contributed by atoms with Crippen LogP contribution in [-0.2, 0) is 0 Å². The van der Waals surface area contributed by atoms with Crippen LogP contribution in [0.25, 0.3) is 66.8 Å². The second-order valence-electron chi connectivity index (χ2n) is 21.3. The Morgan fingerprint density at radius 2 is 0.355 bits per heavy atom. The minimum absolute atomic E-state index is 0.0895. The maximum absolute atomic E-state index is 10.0. The summed E-state index contributed by atoms with van der Waals surface area (Å²) in [5.41, 5.74) is 10.1. The van der Waals surface area contributed by atoms with Gasteiger partial charge in [0.15, 0.2) is 0 Å². The van der Waals surface area contributed by atoms with E-state index in [1.807, 2.05) is 72.8 Å². The SMILES string of the molecule is OCCN(CCO)c1nc2nc(n1)Oc1ccc(cc1)-c1cc3cc(c1)-c1ccc(cc1)Oc1nc(nc(N(CCO)CCO)n1)Oc1ccc(cc1)-c1cc(cc(c1)-c1ccc(cc1)Oc1nc(nc(N(CCO)CCO)n1)Oc1ccc-3cc1)-c1ccc(cc1)O2. The molecule has 0 radical (unpaired) electrons. The second-order valence-corrected chi connectivity index (χ2v) is 21.3. The van der Waals surface area contributed by atoms with Crippen LogP contribution in [0, 0.1) is 0 Å². The molecule has 11 aromatic rings. The summed E-state index contributed by atoms with van der Waals surface area (Å²) in [5.74, 6) is 2.73. The molecule has 0 saturated heterocycles. The number of aliphatic hydroxyl groups is 6. The van der Waals surface area contributed by atoms with Gasteiger partial charge in [-0.05, 0) is 176 Å². The molecule has 24 heterocycles. The summed E-state index contributed by atoms with van der Waals surface area (Å²) in [6.07, 6.45) is 0. The number of ether oxygens (including phenoxy) is 6. The standard InChI is InChI=1S/C69H60N12O12/c82-31-25-79(26-32-83)61-70-64-76-65(71-61)89-58-19-7-46(8-20-58)52-40-53-42-54(41-52)48-11-23-60(24-12-48)93-69-75-63(81(29-35-86)30-36-87)73-67(78-69)91-57-17-5-45(6-18-57)51-38-49(43-1-13-55(88-64)14-2-43)37-50(39-51)44-3-15-56(16-4-44)90-66-72-62(80(27-33-84)28-34-85)74-68(77-66)92-59-21-9-47(53)10-22-59/h1-24,37-42,82-87H,25-36H2. The van der Waals surface area contributed by atoms with E-state index < -0.39 is 0 Å². The van der Waals surface area contributed by atoms with Crippen LogP contribution in [0.1, 0.15) is 0 Å². The van der Waals surface area contributed by atoms with Crippen molar-refractivity contribution in [3.63, 3.8) is 0 Å². The van der Waals surface area contributed by atoms with Gasteiger partial charge < -0.3 is 73.8 Å². The zero-order valence-corrected chi connectivity index (χ0v) is 49.8. The molecule has 24 nitrogen and oxygen atoms in total. The van der Waals surface area contributed by atoms with Crippen LogP contribution < -0.4 is 43.1 Å². The Morgan fingerprint density at radius 1 is 0.204 bits per heavy atom. The third-order valence-electron chi connectivity index (χ3n) is 15.1. The van der Waals surface area contributed by atoms with Gasteiger partial charge in [0.25, 0.3) is 0 Å². The lowest BCUT2D eigenvalue weighted by molar-refractivity contribution is 0.278. The predicted molar refractivity (Wildman–Crippen MR) is 345 cm³/mol. The quantitative estimate of drug-likeness (QED) is 0.0556. The van der Waals surface area contributed by atoms with Crippen LogP contribution in [0.4, 0.5) is 17.8 Å². The zero-order chi connectivity index (χ0) is 63.6. The molecule has 32 rings (SSSR count). The second kappa shape index (κ2) is 27.9.